The third kappa shape index (κ3) is 4.01. The van der Waals surface area contributed by atoms with Crippen LogP contribution in [0.2, 0.25) is 0 Å². The van der Waals surface area contributed by atoms with Crippen LogP contribution in [-0.2, 0) is 14.3 Å². The molecule has 0 unspecified atom stereocenters. The van der Waals surface area contributed by atoms with Crippen molar-refractivity contribution in [1.82, 2.24) is 0 Å². The summed E-state index contributed by atoms with van der Waals surface area (Å²) in [6, 6.07) is 5.00. The van der Waals surface area contributed by atoms with E-state index >= 15 is 0 Å². The summed E-state index contributed by atoms with van der Waals surface area (Å²) in [5, 5.41) is -0.0715. The van der Waals surface area contributed by atoms with E-state index in [4.69, 9.17) is 11.0 Å². The second-order valence-corrected chi connectivity index (χ2v) is 7.23. The summed E-state index contributed by atoms with van der Waals surface area (Å²) in [6.45, 7) is 8.47. The van der Waals surface area contributed by atoms with Crippen LogP contribution >= 0.6 is 0 Å². The molecule has 0 atom stereocenters. The highest BCUT2D eigenvalue weighted by molar-refractivity contribution is 7.91. The molecule has 0 spiro atoms. The van der Waals surface area contributed by atoms with Crippen molar-refractivity contribution < 1.29 is 17.0 Å². The zero-order valence-electron chi connectivity index (χ0n) is 14.5. The van der Waals surface area contributed by atoms with Gasteiger partial charge in [0.1, 0.15) is 5.58 Å². The molecule has 136 valence electrons. The van der Waals surface area contributed by atoms with Crippen LogP contribution in [0.25, 0.3) is 28.0 Å². The van der Waals surface area contributed by atoms with Crippen molar-refractivity contribution in [2.24, 2.45) is 0 Å². The minimum Gasteiger partial charge on any atom is -0.422 e. The van der Waals surface area contributed by atoms with E-state index in [-0.39, 0.29) is 12.2 Å². The van der Waals surface area contributed by atoms with Gasteiger partial charge in [-0.05, 0) is 43.2 Å². The molecule has 0 bridgehead atoms. The molecule has 0 N–H and O–H groups in total. The average Bonchev–Trinajstić information content (AvgIpc) is 2.60. The van der Waals surface area contributed by atoms with Crippen LogP contribution in [0.15, 0.2) is 38.5 Å². The van der Waals surface area contributed by atoms with E-state index in [1.807, 2.05) is 18.2 Å². The summed E-state index contributed by atoms with van der Waals surface area (Å²) in [4.78, 5) is 15.2. The number of fused-ring (bicyclic) bond motifs is 2. The van der Waals surface area contributed by atoms with Crippen molar-refractivity contribution in [1.29, 1.82) is 0 Å². The first-order valence-corrected chi connectivity index (χ1v) is 9.61. The normalized spacial score (nSPS) is 15.0. The molecule has 0 amide bonds. The Morgan fingerprint density at radius 1 is 1.41 bits per heavy atom. The van der Waals surface area contributed by atoms with Gasteiger partial charge in [-0.25, -0.2) is 18.1 Å². The standard InChI is InChI=1S/C20H15NO5S/c1-3-25-27(23,24)19(21-2)13-17-11-16-10-14-8-6-4-5-7-9-15(14)12-18(16)26-20(17)22/h6,8,10-13H,3-5H2,1H3/b8-6-,19-13?. The Bertz CT molecular complexity index is 1230. The van der Waals surface area contributed by atoms with Gasteiger partial charge in [0.25, 0.3) is 0 Å². The van der Waals surface area contributed by atoms with E-state index in [9.17, 15) is 13.2 Å². The maximum Gasteiger partial charge on any atom is 0.342 e. The second-order valence-electron chi connectivity index (χ2n) is 5.66. The summed E-state index contributed by atoms with van der Waals surface area (Å²) in [5.74, 6) is 6.11. The van der Waals surface area contributed by atoms with E-state index in [2.05, 4.69) is 20.9 Å². The Morgan fingerprint density at radius 2 is 2.22 bits per heavy atom. The lowest BCUT2D eigenvalue weighted by Crippen LogP contribution is -2.08. The number of rotatable bonds is 4. The fourth-order valence-electron chi connectivity index (χ4n) is 2.58. The minimum absolute atomic E-state index is 0.0439. The van der Waals surface area contributed by atoms with Crippen LogP contribution < -0.4 is 5.63 Å². The third-order valence-corrected chi connectivity index (χ3v) is 5.07. The SMILES string of the molecule is [C-]#[N+]C(=Cc1cc2cc3c(cc2oc1=O)C#CCC/C=C\3)S(=O)(=O)OCC. The quantitative estimate of drug-likeness (QED) is 0.350. The highest BCUT2D eigenvalue weighted by atomic mass is 32.2. The molecule has 27 heavy (non-hydrogen) atoms. The van der Waals surface area contributed by atoms with Crippen molar-refractivity contribution in [3.05, 3.63) is 67.8 Å². The van der Waals surface area contributed by atoms with Crippen molar-refractivity contribution in [3.63, 3.8) is 0 Å². The Kier molecular flexibility index (Phi) is 5.27. The monoisotopic (exact) mass is 381 g/mol. The van der Waals surface area contributed by atoms with Gasteiger partial charge in [0, 0.05) is 17.4 Å². The van der Waals surface area contributed by atoms with Crippen LogP contribution in [0.5, 0.6) is 0 Å². The Morgan fingerprint density at radius 3 is 2.96 bits per heavy atom. The highest BCUT2D eigenvalue weighted by Crippen LogP contribution is 2.23. The van der Waals surface area contributed by atoms with Crippen LogP contribution in [-0.4, -0.2) is 15.0 Å². The van der Waals surface area contributed by atoms with E-state index in [0.717, 1.165) is 30.0 Å². The predicted octanol–water partition coefficient (Wildman–Crippen LogP) is 3.54. The number of nitrogens with zero attached hydrogens (tertiary/aromatic N) is 1. The van der Waals surface area contributed by atoms with E-state index in [1.54, 1.807) is 6.07 Å². The Balaban J connectivity index is 2.18. The van der Waals surface area contributed by atoms with E-state index in [0.29, 0.717) is 11.0 Å². The Labute approximate surface area is 156 Å². The van der Waals surface area contributed by atoms with Gasteiger partial charge >= 0.3 is 20.8 Å². The molecule has 1 aromatic carbocycles. The van der Waals surface area contributed by atoms with Gasteiger partial charge in [0.15, 0.2) is 0 Å². The average molecular weight is 381 g/mol. The van der Waals surface area contributed by atoms with Crippen LogP contribution in [0, 0.1) is 18.4 Å². The molecule has 6 nitrogen and oxygen atoms in total. The predicted molar refractivity (Wildman–Crippen MR) is 103 cm³/mol. The molecular weight excluding hydrogens is 366 g/mol. The molecule has 0 radical (unpaired) electrons. The van der Waals surface area contributed by atoms with Crippen LogP contribution in [0.1, 0.15) is 36.5 Å². The molecule has 0 fully saturated rings. The number of benzene rings is 1. The fraction of sp³-hybridized carbons (Fsp3) is 0.200. The number of hydrogen-bond acceptors (Lipinski definition) is 5. The molecule has 2 aromatic rings. The highest BCUT2D eigenvalue weighted by Gasteiger charge is 2.20. The smallest absolute Gasteiger partial charge is 0.342 e. The lowest BCUT2D eigenvalue weighted by molar-refractivity contribution is 0.343. The Hall–Kier alpha value is -3.13. The third-order valence-electron chi connectivity index (χ3n) is 3.81. The van der Waals surface area contributed by atoms with Gasteiger partial charge in [0.05, 0.1) is 18.7 Å². The molecule has 1 aromatic heterocycles. The van der Waals surface area contributed by atoms with Gasteiger partial charge in [-0.2, -0.15) is 0 Å². The van der Waals surface area contributed by atoms with E-state index < -0.39 is 20.8 Å². The molecule has 0 aliphatic heterocycles. The summed E-state index contributed by atoms with van der Waals surface area (Å²) >= 11 is 0. The van der Waals surface area contributed by atoms with Crippen molar-refractivity contribution in [3.8, 4) is 11.8 Å². The summed E-state index contributed by atoms with van der Waals surface area (Å²) in [6.07, 6.45) is 6.55. The molecule has 3 rings (SSSR count). The summed E-state index contributed by atoms with van der Waals surface area (Å²) in [7, 11) is -4.22. The molecule has 0 saturated heterocycles. The van der Waals surface area contributed by atoms with Gasteiger partial charge in [-0.1, -0.05) is 24.0 Å². The molecule has 0 saturated carbocycles. The molecule has 1 heterocycles. The molecule has 7 heteroatoms. The van der Waals surface area contributed by atoms with Gasteiger partial charge in [-0.15, -0.1) is 0 Å². The topological polar surface area (TPSA) is 77.9 Å². The molecule has 1 aliphatic rings. The summed E-state index contributed by atoms with van der Waals surface area (Å²) < 4.78 is 33.8. The van der Waals surface area contributed by atoms with Crippen molar-refractivity contribution in [2.45, 2.75) is 19.8 Å². The second kappa shape index (κ2) is 7.63. The lowest BCUT2D eigenvalue weighted by Gasteiger charge is -2.06. The zero-order chi connectivity index (χ0) is 19.4. The molecular formula is C20H15NO5S. The molecule has 1 aliphatic carbocycles. The minimum atomic E-state index is -4.22. The lowest BCUT2D eigenvalue weighted by atomic mass is 10.0. The summed E-state index contributed by atoms with van der Waals surface area (Å²) in [5.41, 5.74) is 1.19. The number of allylic oxidation sites excluding steroid dienone is 1. The van der Waals surface area contributed by atoms with Crippen LogP contribution in [0.4, 0.5) is 0 Å². The maximum atomic E-state index is 12.3. The van der Waals surface area contributed by atoms with Gasteiger partial charge in [-0.3, -0.25) is 4.18 Å². The van der Waals surface area contributed by atoms with Gasteiger partial charge in [0.2, 0.25) is 0 Å². The number of hydrogen-bond donors (Lipinski definition) is 0. The van der Waals surface area contributed by atoms with E-state index in [1.165, 1.54) is 13.0 Å². The first kappa shape index (κ1) is 18.7. The first-order chi connectivity index (χ1) is 12.9. The maximum absolute atomic E-state index is 12.3. The largest absolute Gasteiger partial charge is 0.422 e. The first-order valence-electron chi connectivity index (χ1n) is 8.20. The van der Waals surface area contributed by atoms with Crippen molar-refractivity contribution >= 4 is 33.2 Å². The van der Waals surface area contributed by atoms with Crippen LogP contribution in [0.3, 0.4) is 0 Å². The van der Waals surface area contributed by atoms with Crippen molar-refractivity contribution in [2.75, 3.05) is 6.61 Å². The zero-order valence-corrected chi connectivity index (χ0v) is 15.3. The van der Waals surface area contributed by atoms with Gasteiger partial charge < -0.3 is 4.42 Å². The fourth-order valence-corrected chi connectivity index (χ4v) is 3.39.